The Kier molecular flexibility index (Phi) is 8.24. The SMILES string of the molecule is CCCCCCCCCCNC1C(S)=C(S)c2c(C#N)cccc21. The van der Waals surface area contributed by atoms with Gasteiger partial charge in [0.15, 0.2) is 0 Å². The molecule has 0 fully saturated rings. The third-order valence-corrected chi connectivity index (χ3v) is 5.78. The predicted octanol–water partition coefficient (Wildman–Crippen LogP) is 5.87. The van der Waals surface area contributed by atoms with Gasteiger partial charge >= 0.3 is 0 Å². The molecular weight excluding hydrogens is 332 g/mol. The summed E-state index contributed by atoms with van der Waals surface area (Å²) in [6, 6.07) is 8.19. The fourth-order valence-corrected chi connectivity index (χ4v) is 4.01. The molecule has 2 nitrogen and oxygen atoms in total. The molecule has 2 rings (SSSR count). The number of hydrogen-bond acceptors (Lipinski definition) is 4. The lowest BCUT2D eigenvalue weighted by Crippen LogP contribution is -2.21. The molecule has 1 aromatic rings. The second-order valence-corrected chi connectivity index (χ2v) is 7.41. The first-order chi connectivity index (χ1) is 11.7. The maximum Gasteiger partial charge on any atom is 0.0998 e. The van der Waals surface area contributed by atoms with Crippen molar-refractivity contribution in [1.82, 2.24) is 5.32 Å². The van der Waals surface area contributed by atoms with Crippen molar-refractivity contribution in [2.45, 2.75) is 64.3 Å². The summed E-state index contributed by atoms with van der Waals surface area (Å²) in [5, 5.41) is 12.9. The van der Waals surface area contributed by atoms with Crippen molar-refractivity contribution >= 4 is 30.2 Å². The second kappa shape index (κ2) is 10.2. The molecule has 1 unspecified atom stereocenters. The van der Waals surface area contributed by atoms with Crippen LogP contribution in [-0.2, 0) is 0 Å². The largest absolute Gasteiger partial charge is 0.306 e. The molecule has 1 aliphatic carbocycles. The predicted molar refractivity (Wildman–Crippen MR) is 109 cm³/mol. The first-order valence-electron chi connectivity index (χ1n) is 9.09. The molecule has 1 N–H and O–H groups in total. The van der Waals surface area contributed by atoms with Crippen LogP contribution in [0.3, 0.4) is 0 Å². The zero-order chi connectivity index (χ0) is 17.4. The van der Waals surface area contributed by atoms with Crippen LogP contribution in [-0.4, -0.2) is 6.54 Å². The first kappa shape index (κ1) is 19.4. The van der Waals surface area contributed by atoms with Crippen LogP contribution < -0.4 is 5.32 Å². The molecule has 0 aliphatic heterocycles. The Hall–Kier alpha value is -0.890. The van der Waals surface area contributed by atoms with E-state index >= 15 is 0 Å². The number of nitrogens with one attached hydrogen (secondary N) is 1. The lowest BCUT2D eigenvalue weighted by molar-refractivity contribution is 0.539. The lowest BCUT2D eigenvalue weighted by Gasteiger charge is -2.16. The summed E-state index contributed by atoms with van der Waals surface area (Å²) >= 11 is 9.22. The van der Waals surface area contributed by atoms with Crippen molar-refractivity contribution in [3.8, 4) is 6.07 Å². The summed E-state index contributed by atoms with van der Waals surface area (Å²) < 4.78 is 0. The maximum absolute atomic E-state index is 9.29. The molecule has 0 saturated heterocycles. The van der Waals surface area contributed by atoms with E-state index in [0.717, 1.165) is 27.5 Å². The molecule has 0 saturated carbocycles. The Morgan fingerprint density at radius 3 is 2.38 bits per heavy atom. The Balaban J connectivity index is 1.78. The van der Waals surface area contributed by atoms with Crippen molar-refractivity contribution in [2.24, 2.45) is 0 Å². The first-order valence-corrected chi connectivity index (χ1v) is 9.99. The molecule has 4 heteroatoms. The Morgan fingerprint density at radius 1 is 1.04 bits per heavy atom. The van der Waals surface area contributed by atoms with Crippen LogP contribution in [0.2, 0.25) is 0 Å². The van der Waals surface area contributed by atoms with E-state index in [0.29, 0.717) is 5.56 Å². The van der Waals surface area contributed by atoms with Gasteiger partial charge in [0.2, 0.25) is 0 Å². The minimum atomic E-state index is 0.0775. The number of hydrogen-bond donors (Lipinski definition) is 3. The molecule has 1 atom stereocenters. The van der Waals surface area contributed by atoms with Crippen LogP contribution in [0.4, 0.5) is 0 Å². The van der Waals surface area contributed by atoms with Gasteiger partial charge in [-0.3, -0.25) is 0 Å². The van der Waals surface area contributed by atoms with Crippen LogP contribution in [0.25, 0.3) is 4.91 Å². The van der Waals surface area contributed by atoms with Crippen LogP contribution in [0.15, 0.2) is 23.1 Å². The number of benzene rings is 1. The van der Waals surface area contributed by atoms with Gasteiger partial charge in [-0.05, 0) is 24.6 Å². The number of nitriles is 1. The van der Waals surface area contributed by atoms with Crippen LogP contribution in [0.5, 0.6) is 0 Å². The third-order valence-electron chi connectivity index (χ3n) is 4.66. The third kappa shape index (κ3) is 4.81. The zero-order valence-electron chi connectivity index (χ0n) is 14.5. The smallest absolute Gasteiger partial charge is 0.0998 e. The molecule has 0 amide bonds. The highest BCUT2D eigenvalue weighted by atomic mass is 32.1. The molecule has 1 aromatic carbocycles. The van der Waals surface area contributed by atoms with Gasteiger partial charge in [0, 0.05) is 15.4 Å². The van der Waals surface area contributed by atoms with E-state index in [1.807, 2.05) is 12.1 Å². The number of thiol groups is 2. The van der Waals surface area contributed by atoms with Gasteiger partial charge in [-0.2, -0.15) is 5.26 Å². The summed E-state index contributed by atoms with van der Waals surface area (Å²) in [6.45, 7) is 3.23. The zero-order valence-corrected chi connectivity index (χ0v) is 16.3. The van der Waals surface area contributed by atoms with Gasteiger partial charge in [-0.15, -0.1) is 25.3 Å². The monoisotopic (exact) mass is 360 g/mol. The van der Waals surface area contributed by atoms with Gasteiger partial charge in [-0.1, -0.05) is 64.0 Å². The highest BCUT2D eigenvalue weighted by Gasteiger charge is 2.29. The Bertz CT molecular complexity index is 617. The highest BCUT2D eigenvalue weighted by molar-refractivity contribution is 7.93. The number of nitrogens with zero attached hydrogens (tertiary/aromatic N) is 1. The van der Waals surface area contributed by atoms with E-state index in [2.05, 4.69) is 49.6 Å². The van der Waals surface area contributed by atoms with Crippen molar-refractivity contribution in [3.05, 3.63) is 39.8 Å². The molecule has 0 spiro atoms. The summed E-state index contributed by atoms with van der Waals surface area (Å²) in [6.07, 6.45) is 10.6. The summed E-state index contributed by atoms with van der Waals surface area (Å²) in [4.78, 5) is 1.76. The molecule has 0 heterocycles. The van der Waals surface area contributed by atoms with Gasteiger partial charge in [0.25, 0.3) is 0 Å². The highest BCUT2D eigenvalue weighted by Crippen LogP contribution is 2.45. The van der Waals surface area contributed by atoms with Gasteiger partial charge < -0.3 is 5.32 Å². The van der Waals surface area contributed by atoms with E-state index in [9.17, 15) is 5.26 Å². The van der Waals surface area contributed by atoms with Crippen molar-refractivity contribution in [1.29, 1.82) is 5.26 Å². The quantitative estimate of drug-likeness (QED) is 0.360. The van der Waals surface area contributed by atoms with E-state index in [-0.39, 0.29) is 6.04 Å². The Morgan fingerprint density at radius 2 is 1.71 bits per heavy atom. The molecule has 130 valence electrons. The fourth-order valence-electron chi connectivity index (χ4n) is 3.29. The van der Waals surface area contributed by atoms with Gasteiger partial charge in [0.05, 0.1) is 17.7 Å². The van der Waals surface area contributed by atoms with E-state index < -0.39 is 0 Å². The number of fused-ring (bicyclic) bond motifs is 1. The van der Waals surface area contributed by atoms with Gasteiger partial charge in [0.1, 0.15) is 0 Å². The number of unbranched alkanes of at least 4 members (excludes halogenated alkanes) is 7. The topological polar surface area (TPSA) is 35.8 Å². The molecule has 1 aliphatic rings. The minimum absolute atomic E-state index is 0.0775. The Labute approximate surface area is 157 Å². The normalized spacial score (nSPS) is 16.3. The number of rotatable bonds is 10. The summed E-state index contributed by atoms with van der Waals surface area (Å²) in [7, 11) is 0. The van der Waals surface area contributed by atoms with E-state index in [1.165, 1.54) is 51.4 Å². The van der Waals surface area contributed by atoms with E-state index in [4.69, 9.17) is 0 Å². The average Bonchev–Trinajstić information content (AvgIpc) is 2.85. The van der Waals surface area contributed by atoms with Crippen molar-refractivity contribution < 1.29 is 0 Å². The second-order valence-electron chi connectivity index (χ2n) is 6.48. The van der Waals surface area contributed by atoms with Crippen LogP contribution in [0, 0.1) is 11.3 Å². The van der Waals surface area contributed by atoms with Crippen molar-refractivity contribution in [2.75, 3.05) is 6.54 Å². The van der Waals surface area contributed by atoms with E-state index in [1.54, 1.807) is 0 Å². The summed E-state index contributed by atoms with van der Waals surface area (Å²) in [5.41, 5.74) is 2.76. The molecule has 0 aromatic heterocycles. The van der Waals surface area contributed by atoms with Gasteiger partial charge in [-0.25, -0.2) is 0 Å². The van der Waals surface area contributed by atoms with Crippen LogP contribution in [0.1, 0.15) is 81.0 Å². The maximum atomic E-state index is 9.29. The van der Waals surface area contributed by atoms with Crippen LogP contribution >= 0.6 is 25.3 Å². The minimum Gasteiger partial charge on any atom is -0.306 e. The van der Waals surface area contributed by atoms with Crippen molar-refractivity contribution in [3.63, 3.8) is 0 Å². The fraction of sp³-hybridized carbons (Fsp3) is 0.550. The molecule has 24 heavy (non-hydrogen) atoms. The average molecular weight is 361 g/mol. The molecule has 0 radical (unpaired) electrons. The molecular formula is C20H28N2S2. The summed E-state index contributed by atoms with van der Waals surface area (Å²) in [5.74, 6) is 0. The lowest BCUT2D eigenvalue weighted by atomic mass is 10.0. The standard InChI is InChI=1S/C20H28N2S2/c1-2-3-4-5-6-7-8-9-13-22-18-16-12-10-11-15(14-21)17(16)19(23)20(18)24/h10-12,18,22-24H,2-9,13H2,1H3. The molecule has 0 bridgehead atoms.